The van der Waals surface area contributed by atoms with Crippen LogP contribution in [0.3, 0.4) is 0 Å². The van der Waals surface area contributed by atoms with E-state index in [2.05, 4.69) is 10.3 Å². The van der Waals surface area contributed by atoms with Crippen LogP contribution >= 0.6 is 0 Å². The van der Waals surface area contributed by atoms with E-state index in [1.807, 2.05) is 24.3 Å². The van der Waals surface area contributed by atoms with E-state index in [-0.39, 0.29) is 0 Å². The monoisotopic (exact) mass is 245 g/mol. The van der Waals surface area contributed by atoms with Gasteiger partial charge in [-0.3, -0.25) is 0 Å². The van der Waals surface area contributed by atoms with Gasteiger partial charge in [0.1, 0.15) is 0 Å². The van der Waals surface area contributed by atoms with Crippen molar-refractivity contribution < 1.29 is 2.74 Å². The summed E-state index contributed by atoms with van der Waals surface area (Å²) in [6, 6.07) is 7.83. The highest BCUT2D eigenvalue weighted by Crippen LogP contribution is 2.25. The largest absolute Gasteiger partial charge is 0.357 e. The second-order valence-corrected chi connectivity index (χ2v) is 5.11. The quantitative estimate of drug-likeness (QED) is 0.758. The van der Waals surface area contributed by atoms with Gasteiger partial charge in [0.2, 0.25) is 0 Å². The molecule has 1 aromatic heterocycles. The van der Waals surface area contributed by atoms with Crippen LogP contribution in [0.4, 0.5) is 0 Å². The number of aromatic amines is 1. The summed E-state index contributed by atoms with van der Waals surface area (Å²) in [6.07, 6.45) is 3.72. The molecule has 1 aliphatic rings. The zero-order valence-electron chi connectivity index (χ0n) is 12.5. The Morgan fingerprint density at radius 2 is 2.28 bits per heavy atom. The summed E-state index contributed by atoms with van der Waals surface area (Å²) in [7, 11) is 0. The predicted molar refractivity (Wildman–Crippen MR) is 75.2 cm³/mol. The first-order valence-electron chi connectivity index (χ1n) is 7.66. The molecule has 2 aromatic rings. The van der Waals surface area contributed by atoms with Crippen molar-refractivity contribution in [2.24, 2.45) is 11.7 Å². The third kappa shape index (κ3) is 2.42. The summed E-state index contributed by atoms with van der Waals surface area (Å²) in [5.41, 5.74) is 8.21. The first kappa shape index (κ1) is 9.59. The molecule has 0 amide bonds. The highest BCUT2D eigenvalue weighted by molar-refractivity contribution is 5.81. The van der Waals surface area contributed by atoms with Crippen molar-refractivity contribution in [3.05, 3.63) is 35.5 Å². The van der Waals surface area contributed by atoms with Crippen LogP contribution in [-0.2, 0) is 13.0 Å². The van der Waals surface area contributed by atoms with E-state index < -0.39 is 6.50 Å². The molecule has 0 bridgehead atoms. The maximum absolute atomic E-state index is 8.19. The van der Waals surface area contributed by atoms with Crippen molar-refractivity contribution in [3.8, 4) is 0 Å². The molecule has 0 atom stereocenters. The normalized spacial score (nSPS) is 18.5. The minimum atomic E-state index is -1.52. The molecule has 0 radical (unpaired) electrons. The van der Waals surface area contributed by atoms with Crippen LogP contribution in [0.15, 0.2) is 24.3 Å². The number of nitrogens with one attached hydrogen (secondary N) is 2. The van der Waals surface area contributed by atoms with Gasteiger partial charge in [-0.25, -0.2) is 0 Å². The number of nitrogens with two attached hydrogens (primary N) is 1. The third-order valence-corrected chi connectivity index (χ3v) is 3.76. The Balaban J connectivity index is 1.80. The van der Waals surface area contributed by atoms with Crippen molar-refractivity contribution in [2.75, 3.05) is 6.54 Å². The number of hydrogen-bond donors (Lipinski definition) is 3. The molecule has 1 fully saturated rings. The summed E-state index contributed by atoms with van der Waals surface area (Å²) >= 11 is 0. The Labute approximate surface area is 111 Å². The average molecular weight is 245 g/mol. The second-order valence-electron chi connectivity index (χ2n) is 5.11. The van der Waals surface area contributed by atoms with Gasteiger partial charge in [-0.1, -0.05) is 18.6 Å². The number of benzene rings is 1. The molecule has 1 aromatic carbocycles. The van der Waals surface area contributed by atoms with E-state index in [0.29, 0.717) is 18.2 Å². The van der Waals surface area contributed by atoms with E-state index in [0.717, 1.165) is 23.0 Å². The van der Waals surface area contributed by atoms with Crippen LogP contribution in [-0.4, -0.2) is 11.5 Å². The minimum absolute atomic E-state index is 0.497. The summed E-state index contributed by atoms with van der Waals surface area (Å²) in [5, 5.41) is 4.06. The van der Waals surface area contributed by atoms with Crippen molar-refractivity contribution in [1.82, 2.24) is 10.3 Å². The van der Waals surface area contributed by atoms with Crippen LogP contribution in [0.5, 0.6) is 0 Å². The van der Waals surface area contributed by atoms with Crippen LogP contribution in [0, 0.1) is 5.92 Å². The Morgan fingerprint density at radius 3 is 3.00 bits per heavy atom. The minimum Gasteiger partial charge on any atom is -0.357 e. The second kappa shape index (κ2) is 5.12. The van der Waals surface area contributed by atoms with Gasteiger partial charge in [0.25, 0.3) is 0 Å². The van der Waals surface area contributed by atoms with E-state index in [1.54, 1.807) is 0 Å². The lowest BCUT2D eigenvalue weighted by Gasteiger charge is -2.25. The summed E-state index contributed by atoms with van der Waals surface area (Å²) in [5.74, 6) is 0.637. The van der Waals surface area contributed by atoms with E-state index >= 15 is 0 Å². The molecule has 0 saturated heterocycles. The van der Waals surface area contributed by atoms with Crippen LogP contribution in [0.1, 0.15) is 33.3 Å². The number of hydrogen-bond acceptors (Lipinski definition) is 2. The maximum atomic E-state index is 8.19. The van der Waals surface area contributed by atoms with Crippen molar-refractivity contribution in [1.29, 1.82) is 0 Å². The van der Waals surface area contributed by atoms with Gasteiger partial charge >= 0.3 is 0 Å². The molecule has 96 valence electrons. The molecular formula is C15H21N3. The standard InChI is InChI=1S/C15H21N3/c16-8-12-4-5-13-7-14(18-15(13)6-12)10-17-9-11-2-1-3-11/h4-7,11,17-18H,1-3,8-10,16H2/i10D2. The van der Waals surface area contributed by atoms with E-state index in [4.69, 9.17) is 8.48 Å². The molecule has 3 heteroatoms. The summed E-state index contributed by atoms with van der Waals surface area (Å²) in [4.78, 5) is 3.18. The number of aromatic nitrogens is 1. The first-order chi connectivity index (χ1) is 9.58. The third-order valence-electron chi connectivity index (χ3n) is 3.76. The molecular weight excluding hydrogens is 222 g/mol. The molecule has 1 saturated carbocycles. The summed E-state index contributed by atoms with van der Waals surface area (Å²) in [6.45, 7) is -0.273. The van der Waals surface area contributed by atoms with Gasteiger partial charge in [-0.2, -0.15) is 0 Å². The summed E-state index contributed by atoms with van der Waals surface area (Å²) < 4.78 is 16.4. The Kier molecular flexibility index (Phi) is 2.73. The highest BCUT2D eigenvalue weighted by Gasteiger charge is 2.16. The van der Waals surface area contributed by atoms with Gasteiger partial charge in [0.05, 0.1) is 0 Å². The zero-order chi connectivity index (χ0) is 14.2. The smallest absolute Gasteiger partial charge is 0.0494 e. The van der Waals surface area contributed by atoms with Crippen molar-refractivity contribution >= 4 is 10.9 Å². The van der Waals surface area contributed by atoms with Crippen LogP contribution in [0.2, 0.25) is 0 Å². The number of rotatable bonds is 5. The Morgan fingerprint density at radius 1 is 1.39 bits per heavy atom. The fourth-order valence-electron chi connectivity index (χ4n) is 2.36. The van der Waals surface area contributed by atoms with E-state index in [9.17, 15) is 0 Å². The van der Waals surface area contributed by atoms with Crippen LogP contribution < -0.4 is 11.1 Å². The molecule has 4 N–H and O–H groups in total. The van der Waals surface area contributed by atoms with Gasteiger partial charge in [-0.15, -0.1) is 0 Å². The molecule has 1 heterocycles. The van der Waals surface area contributed by atoms with E-state index in [1.165, 1.54) is 19.3 Å². The van der Waals surface area contributed by atoms with Gasteiger partial charge in [-0.05, 0) is 48.4 Å². The number of fused-ring (bicyclic) bond motifs is 1. The Hall–Kier alpha value is -1.32. The highest BCUT2D eigenvalue weighted by atomic mass is 14.9. The fourth-order valence-corrected chi connectivity index (χ4v) is 2.36. The lowest BCUT2D eigenvalue weighted by molar-refractivity contribution is 0.301. The molecule has 1 aliphatic carbocycles. The predicted octanol–water partition coefficient (Wildman–Crippen LogP) is 2.52. The molecule has 3 rings (SSSR count). The molecule has 0 spiro atoms. The van der Waals surface area contributed by atoms with Gasteiger partial charge < -0.3 is 16.0 Å². The van der Waals surface area contributed by atoms with Crippen LogP contribution in [0.25, 0.3) is 10.9 Å². The zero-order valence-corrected chi connectivity index (χ0v) is 10.5. The van der Waals surface area contributed by atoms with Crippen molar-refractivity contribution in [3.63, 3.8) is 0 Å². The maximum Gasteiger partial charge on any atom is 0.0494 e. The average Bonchev–Trinajstić information content (AvgIpc) is 2.80. The molecule has 3 nitrogen and oxygen atoms in total. The van der Waals surface area contributed by atoms with Crippen molar-refractivity contribution in [2.45, 2.75) is 32.3 Å². The molecule has 0 aliphatic heterocycles. The van der Waals surface area contributed by atoms with Gasteiger partial charge in [0, 0.05) is 27.0 Å². The SMILES string of the molecule is [2H]C([2H])(NCC1CCC1)c1cc2ccc(CN)cc2[nH]1. The number of H-pyrrole nitrogens is 1. The molecule has 18 heavy (non-hydrogen) atoms. The Bertz CT molecular complexity index is 602. The van der Waals surface area contributed by atoms with Gasteiger partial charge in [0.15, 0.2) is 0 Å². The molecule has 0 unspecified atom stereocenters. The lowest BCUT2D eigenvalue weighted by Crippen LogP contribution is -2.26. The fraction of sp³-hybridized carbons (Fsp3) is 0.467. The first-order valence-corrected chi connectivity index (χ1v) is 6.66. The lowest BCUT2D eigenvalue weighted by atomic mass is 9.85. The topological polar surface area (TPSA) is 53.8 Å².